The van der Waals surface area contributed by atoms with Crippen LogP contribution in [0.25, 0.3) is 0 Å². The van der Waals surface area contributed by atoms with Gasteiger partial charge in [0.05, 0.1) is 18.8 Å². The molecule has 0 saturated carbocycles. The van der Waals surface area contributed by atoms with Gasteiger partial charge in [-0.1, -0.05) is 192 Å². The number of hydrogen-bond donors (Lipinski definition) is 3. The van der Waals surface area contributed by atoms with Crippen molar-refractivity contribution in [2.45, 2.75) is 231 Å². The van der Waals surface area contributed by atoms with E-state index in [1.165, 1.54) is 173 Å². The van der Waals surface area contributed by atoms with Gasteiger partial charge < -0.3 is 15.5 Å². The zero-order chi connectivity index (χ0) is 33.6. The lowest BCUT2D eigenvalue weighted by atomic mass is 10.0. The first-order valence-corrected chi connectivity index (χ1v) is 20.6. The molecule has 0 bridgehead atoms. The summed E-state index contributed by atoms with van der Waals surface area (Å²) in [6, 6.07) is -0.621. The van der Waals surface area contributed by atoms with E-state index in [-0.39, 0.29) is 12.5 Å². The molecule has 2 unspecified atom stereocenters. The molecule has 0 aliphatic carbocycles. The van der Waals surface area contributed by atoms with E-state index < -0.39 is 12.1 Å². The standard InChI is InChI=1S/C42H81NO3/c1-3-5-7-9-11-13-15-17-19-21-22-24-26-28-30-32-34-36-38-42(46)43-40(39-44)41(45)37-35-33-31-29-27-25-23-20-18-16-14-12-10-8-6-4-2/h19,21,35,37,40-41,44-45H,3-18,20,22-34,36,38-39H2,1-2H3,(H,43,46)/b21-19-,37-35+. The van der Waals surface area contributed by atoms with Crippen molar-refractivity contribution in [3.05, 3.63) is 24.3 Å². The predicted octanol–water partition coefficient (Wildman–Crippen LogP) is 12.5. The highest BCUT2D eigenvalue weighted by Gasteiger charge is 2.17. The van der Waals surface area contributed by atoms with Crippen molar-refractivity contribution in [1.29, 1.82) is 0 Å². The van der Waals surface area contributed by atoms with Crippen molar-refractivity contribution < 1.29 is 15.0 Å². The minimum Gasteiger partial charge on any atom is -0.394 e. The molecule has 0 aromatic heterocycles. The molecule has 0 fully saturated rings. The van der Waals surface area contributed by atoms with Gasteiger partial charge in [0.25, 0.3) is 0 Å². The number of hydrogen-bond acceptors (Lipinski definition) is 3. The molecule has 0 aliphatic rings. The number of aliphatic hydroxyl groups excluding tert-OH is 2. The third-order valence-electron chi connectivity index (χ3n) is 9.43. The van der Waals surface area contributed by atoms with Crippen LogP contribution in [0.1, 0.15) is 219 Å². The highest BCUT2D eigenvalue weighted by Crippen LogP contribution is 2.14. The molecule has 0 rings (SSSR count). The van der Waals surface area contributed by atoms with Crippen LogP contribution in [0.2, 0.25) is 0 Å². The van der Waals surface area contributed by atoms with E-state index in [4.69, 9.17) is 0 Å². The van der Waals surface area contributed by atoms with Crippen LogP contribution in [0.5, 0.6) is 0 Å². The maximum Gasteiger partial charge on any atom is 0.220 e. The summed E-state index contributed by atoms with van der Waals surface area (Å²) >= 11 is 0. The van der Waals surface area contributed by atoms with Gasteiger partial charge in [-0.05, 0) is 44.9 Å². The summed E-state index contributed by atoms with van der Waals surface area (Å²) in [6.45, 7) is 4.31. The number of allylic oxidation sites excluding steroid dienone is 3. The topological polar surface area (TPSA) is 69.6 Å². The van der Waals surface area contributed by atoms with Gasteiger partial charge in [-0.15, -0.1) is 0 Å². The molecule has 0 saturated heterocycles. The summed E-state index contributed by atoms with van der Waals surface area (Å²) in [6.07, 6.45) is 48.4. The van der Waals surface area contributed by atoms with Crippen LogP contribution in [-0.2, 0) is 4.79 Å². The number of unbranched alkanes of at least 4 members (excludes halogenated alkanes) is 28. The lowest BCUT2D eigenvalue weighted by Gasteiger charge is -2.20. The quantitative estimate of drug-likeness (QED) is 0.0464. The number of carbonyl (C=O) groups is 1. The third kappa shape index (κ3) is 34.2. The summed E-state index contributed by atoms with van der Waals surface area (Å²) in [5.41, 5.74) is 0. The minimum absolute atomic E-state index is 0.0678. The molecule has 3 N–H and O–H groups in total. The Hall–Kier alpha value is -1.13. The second-order valence-corrected chi connectivity index (χ2v) is 14.1. The fraction of sp³-hybridized carbons (Fsp3) is 0.881. The van der Waals surface area contributed by atoms with E-state index >= 15 is 0 Å². The fourth-order valence-corrected chi connectivity index (χ4v) is 6.23. The van der Waals surface area contributed by atoms with Crippen LogP contribution in [0.4, 0.5) is 0 Å². The molecule has 272 valence electrons. The lowest BCUT2D eigenvalue weighted by molar-refractivity contribution is -0.123. The first kappa shape index (κ1) is 44.9. The van der Waals surface area contributed by atoms with Gasteiger partial charge in [0.2, 0.25) is 5.91 Å². The van der Waals surface area contributed by atoms with Crippen LogP contribution >= 0.6 is 0 Å². The molecule has 0 aromatic carbocycles. The van der Waals surface area contributed by atoms with Gasteiger partial charge in [0.15, 0.2) is 0 Å². The molecule has 4 nitrogen and oxygen atoms in total. The van der Waals surface area contributed by atoms with Crippen molar-refractivity contribution in [1.82, 2.24) is 5.32 Å². The summed E-state index contributed by atoms with van der Waals surface area (Å²) < 4.78 is 0. The largest absolute Gasteiger partial charge is 0.394 e. The average molecular weight is 648 g/mol. The third-order valence-corrected chi connectivity index (χ3v) is 9.43. The number of amides is 1. The van der Waals surface area contributed by atoms with E-state index in [2.05, 4.69) is 31.3 Å². The predicted molar refractivity (Wildman–Crippen MR) is 202 cm³/mol. The molecule has 1 amide bonds. The SMILES string of the molecule is CCCCCCCCC/C=C\CCCCCCCCCC(=O)NC(CO)C(O)/C=C/CCCCCCCCCCCCCCCC. The summed E-state index contributed by atoms with van der Waals surface area (Å²) in [5.74, 6) is -0.0678. The van der Waals surface area contributed by atoms with Gasteiger partial charge >= 0.3 is 0 Å². The van der Waals surface area contributed by atoms with Crippen molar-refractivity contribution in [2.75, 3.05) is 6.61 Å². The first-order chi connectivity index (χ1) is 22.7. The Bertz CT molecular complexity index is 661. The van der Waals surface area contributed by atoms with Crippen molar-refractivity contribution in [3.63, 3.8) is 0 Å². The van der Waals surface area contributed by atoms with Gasteiger partial charge in [-0.2, -0.15) is 0 Å². The highest BCUT2D eigenvalue weighted by atomic mass is 16.3. The van der Waals surface area contributed by atoms with Crippen LogP contribution in [-0.4, -0.2) is 34.9 Å². The van der Waals surface area contributed by atoms with Gasteiger partial charge in [-0.25, -0.2) is 0 Å². The van der Waals surface area contributed by atoms with E-state index in [1.807, 2.05) is 6.08 Å². The molecule has 4 heteroatoms. The van der Waals surface area contributed by atoms with Gasteiger partial charge in [-0.3, -0.25) is 4.79 Å². The maximum atomic E-state index is 12.3. The van der Waals surface area contributed by atoms with Crippen LogP contribution in [0, 0.1) is 0 Å². The molecule has 0 radical (unpaired) electrons. The Morgan fingerprint density at radius 1 is 0.500 bits per heavy atom. The molecule has 0 aliphatic heterocycles. The maximum absolute atomic E-state index is 12.3. The molecular weight excluding hydrogens is 566 g/mol. The van der Waals surface area contributed by atoms with Gasteiger partial charge in [0.1, 0.15) is 0 Å². The number of carbonyl (C=O) groups excluding carboxylic acids is 1. The molecule has 46 heavy (non-hydrogen) atoms. The minimum atomic E-state index is -0.837. The molecule has 0 heterocycles. The normalized spacial score (nSPS) is 13.2. The molecule has 0 aromatic rings. The Morgan fingerprint density at radius 3 is 1.20 bits per heavy atom. The van der Waals surface area contributed by atoms with Crippen molar-refractivity contribution in [2.24, 2.45) is 0 Å². The smallest absolute Gasteiger partial charge is 0.220 e. The lowest BCUT2D eigenvalue weighted by Crippen LogP contribution is -2.45. The molecular formula is C42H81NO3. The summed E-state index contributed by atoms with van der Waals surface area (Å²) in [4.78, 5) is 12.3. The number of aliphatic hydroxyl groups is 2. The number of nitrogens with one attached hydrogen (secondary N) is 1. The van der Waals surface area contributed by atoms with Crippen LogP contribution in [0.3, 0.4) is 0 Å². The van der Waals surface area contributed by atoms with Crippen LogP contribution < -0.4 is 5.32 Å². The average Bonchev–Trinajstić information content (AvgIpc) is 3.06. The summed E-state index contributed by atoms with van der Waals surface area (Å²) in [7, 11) is 0. The molecule has 0 spiro atoms. The highest BCUT2D eigenvalue weighted by molar-refractivity contribution is 5.76. The zero-order valence-corrected chi connectivity index (χ0v) is 31.1. The van der Waals surface area contributed by atoms with E-state index in [1.54, 1.807) is 6.08 Å². The van der Waals surface area contributed by atoms with Crippen molar-refractivity contribution in [3.8, 4) is 0 Å². The second-order valence-electron chi connectivity index (χ2n) is 14.1. The van der Waals surface area contributed by atoms with Crippen LogP contribution in [0.15, 0.2) is 24.3 Å². The first-order valence-electron chi connectivity index (χ1n) is 20.6. The fourth-order valence-electron chi connectivity index (χ4n) is 6.23. The second kappa shape index (κ2) is 38.3. The Kier molecular flexibility index (Phi) is 37.4. The zero-order valence-electron chi connectivity index (χ0n) is 31.1. The van der Waals surface area contributed by atoms with E-state index in [0.29, 0.717) is 6.42 Å². The van der Waals surface area contributed by atoms with Gasteiger partial charge in [0, 0.05) is 6.42 Å². The van der Waals surface area contributed by atoms with E-state index in [0.717, 1.165) is 25.7 Å². The molecule has 2 atom stereocenters. The Morgan fingerprint density at radius 2 is 0.826 bits per heavy atom. The summed E-state index contributed by atoms with van der Waals surface area (Å²) in [5, 5.41) is 23.0. The Balaban J connectivity index is 3.59. The Labute approximate surface area is 288 Å². The monoisotopic (exact) mass is 648 g/mol. The van der Waals surface area contributed by atoms with Crippen molar-refractivity contribution >= 4 is 5.91 Å². The number of rotatable bonds is 37. The van der Waals surface area contributed by atoms with E-state index in [9.17, 15) is 15.0 Å².